The van der Waals surface area contributed by atoms with Crippen molar-refractivity contribution in [1.29, 1.82) is 0 Å². The van der Waals surface area contributed by atoms with Crippen molar-refractivity contribution < 1.29 is 9.53 Å². The Hall–Kier alpha value is -2.60. The Morgan fingerprint density at radius 3 is 2.70 bits per heavy atom. The fourth-order valence-corrected chi connectivity index (χ4v) is 3.35. The Morgan fingerprint density at radius 2 is 1.96 bits per heavy atom. The molecule has 0 unspecified atom stereocenters. The molecule has 0 atom stereocenters. The average Bonchev–Trinajstić information content (AvgIpc) is 2.74. The molecule has 1 N–H and O–H groups in total. The summed E-state index contributed by atoms with van der Waals surface area (Å²) in [5.41, 5.74) is 1.74. The van der Waals surface area contributed by atoms with E-state index < -0.39 is 0 Å². The maximum atomic E-state index is 12.5. The summed E-state index contributed by atoms with van der Waals surface area (Å²) in [6.45, 7) is 7.78. The number of nitrogens with zero attached hydrogens (tertiary/aromatic N) is 3. The maximum Gasteiger partial charge on any atom is 0.251 e. The zero-order valence-corrected chi connectivity index (χ0v) is 16.1. The molecule has 6 heteroatoms. The van der Waals surface area contributed by atoms with Gasteiger partial charge in [0.15, 0.2) is 0 Å². The lowest BCUT2D eigenvalue weighted by Gasteiger charge is -2.34. The first-order valence-corrected chi connectivity index (χ1v) is 9.54. The number of carbonyl (C=O) groups excluding carboxylic acids is 1. The standard InChI is InChI=1S/C21H28N4O2/c1-3-24-12-14-25(15-13-24)20-16-18(9-10-22-20)21(26)23-11-8-17-6-4-5-7-19(17)27-2/h4-7,9-10,16H,3,8,11-15H2,1-2H3,(H,23,26). The van der Waals surface area contributed by atoms with Crippen LogP contribution >= 0.6 is 0 Å². The van der Waals surface area contributed by atoms with Crippen LogP contribution in [0.25, 0.3) is 0 Å². The lowest BCUT2D eigenvalue weighted by atomic mass is 10.1. The number of nitrogens with one attached hydrogen (secondary N) is 1. The van der Waals surface area contributed by atoms with E-state index in [4.69, 9.17) is 4.74 Å². The first kappa shape index (κ1) is 19.2. The van der Waals surface area contributed by atoms with E-state index >= 15 is 0 Å². The van der Waals surface area contributed by atoms with Gasteiger partial charge in [0.2, 0.25) is 0 Å². The molecule has 0 saturated carbocycles. The minimum absolute atomic E-state index is 0.0688. The SMILES string of the molecule is CCN1CCN(c2cc(C(=O)NCCc3ccccc3OC)ccn2)CC1. The fraction of sp³-hybridized carbons (Fsp3) is 0.429. The molecule has 27 heavy (non-hydrogen) atoms. The second-order valence-corrected chi connectivity index (χ2v) is 6.64. The third-order valence-corrected chi connectivity index (χ3v) is 5.02. The summed E-state index contributed by atoms with van der Waals surface area (Å²) >= 11 is 0. The molecule has 2 aromatic rings. The molecular weight excluding hydrogens is 340 g/mol. The predicted octanol–water partition coefficient (Wildman–Crippen LogP) is 2.20. The number of anilines is 1. The van der Waals surface area contributed by atoms with Crippen molar-refractivity contribution in [3.8, 4) is 5.75 Å². The molecule has 2 heterocycles. The first-order chi connectivity index (χ1) is 13.2. The van der Waals surface area contributed by atoms with Gasteiger partial charge < -0.3 is 19.9 Å². The molecule has 0 radical (unpaired) electrons. The van der Waals surface area contributed by atoms with E-state index in [0.717, 1.165) is 56.3 Å². The van der Waals surface area contributed by atoms with Gasteiger partial charge in [0.05, 0.1) is 7.11 Å². The van der Waals surface area contributed by atoms with Crippen molar-refractivity contribution in [2.45, 2.75) is 13.3 Å². The fourth-order valence-electron chi connectivity index (χ4n) is 3.35. The largest absolute Gasteiger partial charge is 0.496 e. The molecule has 0 spiro atoms. The number of amides is 1. The van der Waals surface area contributed by atoms with Gasteiger partial charge in [-0.25, -0.2) is 4.98 Å². The Bertz CT molecular complexity index is 757. The van der Waals surface area contributed by atoms with Crippen molar-refractivity contribution in [1.82, 2.24) is 15.2 Å². The lowest BCUT2D eigenvalue weighted by Crippen LogP contribution is -2.46. The molecule has 6 nitrogen and oxygen atoms in total. The average molecular weight is 368 g/mol. The van der Waals surface area contributed by atoms with E-state index in [2.05, 4.69) is 27.0 Å². The number of methoxy groups -OCH3 is 1. The van der Waals surface area contributed by atoms with Crippen molar-refractivity contribution in [3.63, 3.8) is 0 Å². The number of likely N-dealkylation sites (N-methyl/N-ethyl adjacent to an activating group) is 1. The molecule has 3 rings (SSSR count). The minimum Gasteiger partial charge on any atom is -0.496 e. The topological polar surface area (TPSA) is 57.7 Å². The van der Waals surface area contributed by atoms with E-state index in [1.807, 2.05) is 30.3 Å². The Morgan fingerprint density at radius 1 is 1.19 bits per heavy atom. The summed E-state index contributed by atoms with van der Waals surface area (Å²) < 4.78 is 5.36. The van der Waals surface area contributed by atoms with E-state index in [9.17, 15) is 4.79 Å². The smallest absolute Gasteiger partial charge is 0.251 e. The second kappa shape index (κ2) is 9.37. The normalized spacial score (nSPS) is 14.8. The molecule has 0 bridgehead atoms. The Kier molecular flexibility index (Phi) is 6.65. The molecule has 0 aliphatic carbocycles. The molecule has 144 valence electrons. The van der Waals surface area contributed by atoms with Crippen LogP contribution in [0, 0.1) is 0 Å². The Balaban J connectivity index is 1.56. The van der Waals surface area contributed by atoms with Crippen molar-refractivity contribution in [2.24, 2.45) is 0 Å². The van der Waals surface area contributed by atoms with Gasteiger partial charge >= 0.3 is 0 Å². The number of piperazine rings is 1. The zero-order valence-electron chi connectivity index (χ0n) is 16.1. The Labute approximate surface area is 161 Å². The summed E-state index contributed by atoms with van der Waals surface area (Å²) in [4.78, 5) is 21.7. The summed E-state index contributed by atoms with van der Waals surface area (Å²) in [5.74, 6) is 1.66. The van der Waals surface area contributed by atoms with Crippen LogP contribution in [-0.2, 0) is 6.42 Å². The minimum atomic E-state index is -0.0688. The molecule has 1 aromatic heterocycles. The second-order valence-electron chi connectivity index (χ2n) is 6.64. The summed E-state index contributed by atoms with van der Waals surface area (Å²) in [7, 11) is 1.66. The molecule has 1 aliphatic heterocycles. The highest BCUT2D eigenvalue weighted by atomic mass is 16.5. The van der Waals surface area contributed by atoms with Gasteiger partial charge in [-0.2, -0.15) is 0 Å². The van der Waals surface area contributed by atoms with Crippen molar-refractivity contribution in [3.05, 3.63) is 53.7 Å². The summed E-state index contributed by atoms with van der Waals surface area (Å²) in [6, 6.07) is 11.5. The zero-order chi connectivity index (χ0) is 19.1. The van der Waals surface area contributed by atoms with E-state index in [1.165, 1.54) is 0 Å². The van der Waals surface area contributed by atoms with Crippen LogP contribution < -0.4 is 15.0 Å². The molecule has 1 saturated heterocycles. The number of para-hydroxylation sites is 1. The molecular formula is C21H28N4O2. The molecule has 1 aromatic carbocycles. The van der Waals surface area contributed by atoms with Crippen molar-refractivity contribution in [2.75, 3.05) is 51.3 Å². The van der Waals surface area contributed by atoms with Crippen LogP contribution in [0.4, 0.5) is 5.82 Å². The number of hydrogen-bond donors (Lipinski definition) is 1. The number of carbonyl (C=O) groups is 1. The van der Waals surface area contributed by atoms with Crippen LogP contribution in [0.2, 0.25) is 0 Å². The first-order valence-electron chi connectivity index (χ1n) is 9.54. The number of pyridine rings is 1. The summed E-state index contributed by atoms with van der Waals surface area (Å²) in [5, 5.41) is 3.00. The highest BCUT2D eigenvalue weighted by Crippen LogP contribution is 2.18. The van der Waals surface area contributed by atoms with E-state index in [0.29, 0.717) is 12.1 Å². The number of rotatable bonds is 7. The van der Waals surface area contributed by atoms with Gasteiger partial charge in [0.25, 0.3) is 5.91 Å². The van der Waals surface area contributed by atoms with Gasteiger partial charge in [-0.05, 0) is 36.7 Å². The highest BCUT2D eigenvalue weighted by molar-refractivity contribution is 5.94. The third kappa shape index (κ3) is 4.98. The van der Waals surface area contributed by atoms with Gasteiger partial charge in [0, 0.05) is 44.5 Å². The van der Waals surface area contributed by atoms with Crippen molar-refractivity contribution >= 4 is 11.7 Å². The van der Waals surface area contributed by atoms with Crippen LogP contribution in [-0.4, -0.2) is 62.2 Å². The van der Waals surface area contributed by atoms with Crippen LogP contribution in [0.5, 0.6) is 5.75 Å². The van der Waals surface area contributed by atoms with Gasteiger partial charge in [0.1, 0.15) is 11.6 Å². The van der Waals surface area contributed by atoms with E-state index in [1.54, 1.807) is 19.4 Å². The van der Waals surface area contributed by atoms with Crippen LogP contribution in [0.3, 0.4) is 0 Å². The number of benzene rings is 1. The predicted molar refractivity (Wildman–Crippen MR) is 108 cm³/mol. The molecule has 1 fully saturated rings. The van der Waals surface area contributed by atoms with Crippen LogP contribution in [0.15, 0.2) is 42.6 Å². The monoisotopic (exact) mass is 368 g/mol. The highest BCUT2D eigenvalue weighted by Gasteiger charge is 2.17. The van der Waals surface area contributed by atoms with Gasteiger partial charge in [-0.1, -0.05) is 25.1 Å². The van der Waals surface area contributed by atoms with Crippen LogP contribution in [0.1, 0.15) is 22.8 Å². The summed E-state index contributed by atoms with van der Waals surface area (Å²) in [6.07, 6.45) is 2.45. The number of hydrogen-bond acceptors (Lipinski definition) is 5. The third-order valence-electron chi connectivity index (χ3n) is 5.02. The lowest BCUT2D eigenvalue weighted by molar-refractivity contribution is 0.0954. The van der Waals surface area contributed by atoms with E-state index in [-0.39, 0.29) is 5.91 Å². The molecule has 1 aliphatic rings. The van der Waals surface area contributed by atoms with Gasteiger partial charge in [-0.3, -0.25) is 4.79 Å². The number of aromatic nitrogens is 1. The molecule has 1 amide bonds. The number of ether oxygens (including phenoxy) is 1. The van der Waals surface area contributed by atoms with Gasteiger partial charge in [-0.15, -0.1) is 0 Å². The quantitative estimate of drug-likeness (QED) is 0.812. The maximum absolute atomic E-state index is 12.5.